The Morgan fingerprint density at radius 2 is 2.18 bits per heavy atom. The molecule has 2 aromatic rings. The summed E-state index contributed by atoms with van der Waals surface area (Å²) in [7, 11) is 0. The third-order valence-electron chi connectivity index (χ3n) is 3.40. The summed E-state index contributed by atoms with van der Waals surface area (Å²) in [5, 5.41) is 3.31. The molecule has 0 bridgehead atoms. The Balaban J connectivity index is 1.98. The largest absolute Gasteiger partial charge is 0.381 e. The Morgan fingerprint density at radius 1 is 1.41 bits per heavy atom. The lowest BCUT2D eigenvalue weighted by atomic mass is 10.00. The maximum atomic E-state index is 5.72. The van der Waals surface area contributed by atoms with Gasteiger partial charge in [-0.05, 0) is 19.8 Å². The first-order valence-electron chi connectivity index (χ1n) is 6.01. The van der Waals surface area contributed by atoms with Crippen molar-refractivity contribution < 1.29 is 4.74 Å². The van der Waals surface area contributed by atoms with E-state index < -0.39 is 0 Å². The monoisotopic (exact) mass is 235 g/mol. The van der Waals surface area contributed by atoms with Crippen molar-refractivity contribution in [3.63, 3.8) is 0 Å². The van der Waals surface area contributed by atoms with Gasteiger partial charge >= 0.3 is 0 Å². The number of H-pyrrole nitrogens is 1. The van der Waals surface area contributed by atoms with Gasteiger partial charge in [0, 0.05) is 25.7 Å². The highest BCUT2D eigenvalue weighted by atomic mass is 16.5. The summed E-state index contributed by atoms with van der Waals surface area (Å²) >= 11 is 0. The van der Waals surface area contributed by atoms with Gasteiger partial charge in [0.25, 0.3) is 5.78 Å². The van der Waals surface area contributed by atoms with Crippen LogP contribution in [0.5, 0.6) is 0 Å². The van der Waals surface area contributed by atoms with Crippen LogP contribution in [0.15, 0.2) is 0 Å². The molecule has 0 aromatic carbocycles. The molecule has 0 atom stereocenters. The minimum absolute atomic E-state index is 0.455. The van der Waals surface area contributed by atoms with Crippen molar-refractivity contribution in [2.24, 2.45) is 5.73 Å². The van der Waals surface area contributed by atoms with E-state index in [4.69, 9.17) is 10.5 Å². The first-order valence-corrected chi connectivity index (χ1v) is 6.01. The predicted octanol–water partition coefficient (Wildman–Crippen LogP) is 0.719. The van der Waals surface area contributed by atoms with Crippen molar-refractivity contribution in [2.75, 3.05) is 13.2 Å². The summed E-state index contributed by atoms with van der Waals surface area (Å²) in [6, 6.07) is 0. The maximum Gasteiger partial charge on any atom is 0.251 e. The molecule has 0 aliphatic carbocycles. The molecule has 1 aliphatic rings. The second-order valence-corrected chi connectivity index (χ2v) is 4.48. The molecule has 3 heterocycles. The van der Waals surface area contributed by atoms with Crippen molar-refractivity contribution in [3.8, 4) is 0 Å². The normalized spacial score (nSPS) is 18.0. The van der Waals surface area contributed by atoms with Gasteiger partial charge in [-0.1, -0.05) is 0 Å². The molecule has 92 valence electrons. The molecule has 0 spiro atoms. The van der Waals surface area contributed by atoms with Gasteiger partial charge in [-0.15, -0.1) is 0 Å². The minimum atomic E-state index is 0.455. The Hall–Kier alpha value is -1.40. The Bertz CT molecular complexity index is 523. The molecule has 17 heavy (non-hydrogen) atoms. The highest BCUT2D eigenvalue weighted by Crippen LogP contribution is 2.25. The van der Waals surface area contributed by atoms with E-state index in [1.54, 1.807) is 0 Å². The number of hydrogen-bond acceptors (Lipinski definition) is 4. The van der Waals surface area contributed by atoms with Crippen LogP contribution in [-0.4, -0.2) is 32.8 Å². The van der Waals surface area contributed by atoms with Gasteiger partial charge in [-0.25, -0.2) is 9.50 Å². The summed E-state index contributed by atoms with van der Waals surface area (Å²) in [4.78, 5) is 8.96. The SMILES string of the molecule is Cc1nc2nc(C3CCOCC3)[nH]n2c1CN. The third kappa shape index (κ3) is 1.73. The van der Waals surface area contributed by atoms with Crippen LogP contribution >= 0.6 is 0 Å². The highest BCUT2D eigenvalue weighted by Gasteiger charge is 2.21. The molecule has 0 unspecified atom stereocenters. The van der Waals surface area contributed by atoms with Crippen molar-refractivity contribution in [1.29, 1.82) is 0 Å². The standard InChI is InChI=1S/C11H17N5O/c1-7-9(6-12)16-11(13-7)14-10(15-16)8-2-4-17-5-3-8/h8H,2-6,12H2,1H3,(H,13,14,15). The number of aromatic amines is 1. The summed E-state index contributed by atoms with van der Waals surface area (Å²) in [5.74, 6) is 2.19. The number of nitrogens with one attached hydrogen (secondary N) is 1. The highest BCUT2D eigenvalue weighted by molar-refractivity contribution is 5.34. The van der Waals surface area contributed by atoms with Gasteiger partial charge in [0.05, 0.1) is 11.4 Å². The average molecular weight is 235 g/mol. The van der Waals surface area contributed by atoms with Crippen molar-refractivity contribution in [1.82, 2.24) is 19.6 Å². The maximum absolute atomic E-state index is 5.72. The molecule has 3 N–H and O–H groups in total. The predicted molar refractivity (Wildman–Crippen MR) is 62.8 cm³/mol. The molecule has 6 heteroatoms. The van der Waals surface area contributed by atoms with Crippen LogP contribution in [0, 0.1) is 6.92 Å². The molecule has 2 aromatic heterocycles. The molecule has 0 amide bonds. The first-order chi connectivity index (χ1) is 8.29. The van der Waals surface area contributed by atoms with E-state index in [1.165, 1.54) is 0 Å². The van der Waals surface area contributed by atoms with E-state index in [2.05, 4.69) is 15.1 Å². The fourth-order valence-corrected chi connectivity index (χ4v) is 2.38. The lowest BCUT2D eigenvalue weighted by Crippen LogP contribution is -2.15. The van der Waals surface area contributed by atoms with Crippen LogP contribution in [0.1, 0.15) is 36.0 Å². The van der Waals surface area contributed by atoms with Crippen LogP contribution in [0.2, 0.25) is 0 Å². The fourth-order valence-electron chi connectivity index (χ4n) is 2.38. The average Bonchev–Trinajstić information content (AvgIpc) is 2.86. The minimum Gasteiger partial charge on any atom is -0.381 e. The second-order valence-electron chi connectivity index (χ2n) is 4.48. The zero-order valence-corrected chi connectivity index (χ0v) is 9.94. The number of aryl methyl sites for hydroxylation is 1. The molecular weight excluding hydrogens is 218 g/mol. The molecule has 1 saturated heterocycles. The van der Waals surface area contributed by atoms with Crippen LogP contribution in [0.3, 0.4) is 0 Å². The van der Waals surface area contributed by atoms with E-state index in [9.17, 15) is 0 Å². The number of ether oxygens (including phenoxy) is 1. The van der Waals surface area contributed by atoms with Crippen LogP contribution in [0.25, 0.3) is 5.78 Å². The molecule has 1 fully saturated rings. The lowest BCUT2D eigenvalue weighted by Gasteiger charge is -2.19. The molecule has 0 saturated carbocycles. The van der Waals surface area contributed by atoms with Gasteiger partial charge < -0.3 is 10.5 Å². The summed E-state index contributed by atoms with van der Waals surface area (Å²) < 4.78 is 7.26. The van der Waals surface area contributed by atoms with E-state index in [0.717, 1.165) is 49.0 Å². The van der Waals surface area contributed by atoms with Gasteiger partial charge in [0.15, 0.2) is 0 Å². The molecule has 6 nitrogen and oxygen atoms in total. The van der Waals surface area contributed by atoms with E-state index in [0.29, 0.717) is 12.5 Å². The zero-order valence-electron chi connectivity index (χ0n) is 9.94. The molecular formula is C11H17N5O. The van der Waals surface area contributed by atoms with Crippen molar-refractivity contribution in [2.45, 2.75) is 32.2 Å². The lowest BCUT2D eigenvalue weighted by molar-refractivity contribution is 0.0836. The second kappa shape index (κ2) is 4.12. The Labute approximate surface area is 99.2 Å². The quantitative estimate of drug-likeness (QED) is 0.803. The van der Waals surface area contributed by atoms with E-state index >= 15 is 0 Å². The number of imidazole rings is 1. The van der Waals surface area contributed by atoms with Crippen LogP contribution in [0.4, 0.5) is 0 Å². The topological polar surface area (TPSA) is 81.2 Å². The van der Waals surface area contributed by atoms with Crippen molar-refractivity contribution in [3.05, 3.63) is 17.2 Å². The van der Waals surface area contributed by atoms with E-state index in [1.807, 2.05) is 11.4 Å². The van der Waals surface area contributed by atoms with Gasteiger partial charge in [-0.2, -0.15) is 4.98 Å². The number of rotatable bonds is 2. The van der Waals surface area contributed by atoms with E-state index in [-0.39, 0.29) is 0 Å². The Kier molecular flexibility index (Phi) is 2.60. The van der Waals surface area contributed by atoms with Gasteiger partial charge in [-0.3, -0.25) is 5.10 Å². The molecule has 1 aliphatic heterocycles. The fraction of sp³-hybridized carbons (Fsp3) is 0.636. The number of hydrogen-bond donors (Lipinski definition) is 2. The first kappa shape index (κ1) is 10.7. The van der Waals surface area contributed by atoms with Crippen LogP contribution < -0.4 is 5.73 Å². The number of nitrogens with zero attached hydrogens (tertiary/aromatic N) is 3. The van der Waals surface area contributed by atoms with Crippen molar-refractivity contribution >= 4 is 5.78 Å². The smallest absolute Gasteiger partial charge is 0.251 e. The van der Waals surface area contributed by atoms with Crippen LogP contribution in [-0.2, 0) is 11.3 Å². The summed E-state index contributed by atoms with van der Waals surface area (Å²) in [6.07, 6.45) is 2.04. The summed E-state index contributed by atoms with van der Waals surface area (Å²) in [5.41, 5.74) is 7.67. The molecule has 3 rings (SSSR count). The van der Waals surface area contributed by atoms with Gasteiger partial charge in [0.2, 0.25) is 0 Å². The molecule has 0 radical (unpaired) electrons. The van der Waals surface area contributed by atoms with Gasteiger partial charge in [0.1, 0.15) is 5.82 Å². The summed E-state index contributed by atoms with van der Waals surface area (Å²) in [6.45, 7) is 4.06. The number of nitrogens with two attached hydrogens (primary N) is 1. The Morgan fingerprint density at radius 3 is 2.88 bits per heavy atom. The number of fused-ring (bicyclic) bond motifs is 1. The number of aromatic nitrogens is 4. The third-order valence-corrected chi connectivity index (χ3v) is 3.40. The zero-order chi connectivity index (χ0) is 11.8.